The molecule has 1 atom stereocenters. The molecule has 0 heterocycles. The minimum absolute atomic E-state index is 0.0422. The molecule has 2 aromatic carbocycles. The summed E-state index contributed by atoms with van der Waals surface area (Å²) in [6.45, 7) is 1.36. The maximum atomic E-state index is 11.7. The molecule has 0 radical (unpaired) electrons. The molecule has 2 rings (SSSR count). The first-order valence-corrected chi connectivity index (χ1v) is 7.44. The van der Waals surface area contributed by atoms with Crippen molar-refractivity contribution in [1.82, 2.24) is 5.32 Å². The van der Waals surface area contributed by atoms with Gasteiger partial charge in [-0.2, -0.15) is 0 Å². The van der Waals surface area contributed by atoms with E-state index in [9.17, 15) is 4.79 Å². The molecule has 0 fully saturated rings. The average Bonchev–Trinajstić information content (AvgIpc) is 2.58. The van der Waals surface area contributed by atoms with E-state index in [4.69, 9.17) is 10.5 Å². The Bertz CT molecular complexity index is 558. The van der Waals surface area contributed by atoms with Gasteiger partial charge in [-0.15, -0.1) is 0 Å². The van der Waals surface area contributed by atoms with Crippen LogP contribution in [0, 0.1) is 0 Å². The van der Waals surface area contributed by atoms with Gasteiger partial charge in [0.2, 0.25) is 5.91 Å². The summed E-state index contributed by atoms with van der Waals surface area (Å²) in [5.74, 6) is -0.0422. The SMILES string of the molecule is NC(CNC(=O)CCOCc1ccccc1)c1ccccc1. The van der Waals surface area contributed by atoms with Gasteiger partial charge >= 0.3 is 0 Å². The number of nitrogens with one attached hydrogen (secondary N) is 1. The van der Waals surface area contributed by atoms with Crippen LogP contribution >= 0.6 is 0 Å². The molecule has 1 amide bonds. The van der Waals surface area contributed by atoms with Crippen LogP contribution < -0.4 is 11.1 Å². The number of carbonyl (C=O) groups excluding carboxylic acids is 1. The van der Waals surface area contributed by atoms with E-state index in [1.54, 1.807) is 0 Å². The summed E-state index contributed by atoms with van der Waals surface area (Å²) in [4.78, 5) is 11.7. The fourth-order valence-electron chi connectivity index (χ4n) is 2.06. The monoisotopic (exact) mass is 298 g/mol. The summed E-state index contributed by atoms with van der Waals surface area (Å²) in [7, 11) is 0. The van der Waals surface area contributed by atoms with E-state index in [2.05, 4.69) is 5.32 Å². The fraction of sp³-hybridized carbons (Fsp3) is 0.278. The van der Waals surface area contributed by atoms with Gasteiger partial charge in [0.25, 0.3) is 0 Å². The smallest absolute Gasteiger partial charge is 0.222 e. The largest absolute Gasteiger partial charge is 0.376 e. The van der Waals surface area contributed by atoms with Crippen molar-refractivity contribution >= 4 is 5.91 Å². The Balaban J connectivity index is 1.60. The third kappa shape index (κ3) is 5.68. The van der Waals surface area contributed by atoms with Gasteiger partial charge in [0.05, 0.1) is 13.2 Å². The molecule has 2 aromatic rings. The van der Waals surface area contributed by atoms with Gasteiger partial charge in [-0.3, -0.25) is 4.79 Å². The van der Waals surface area contributed by atoms with Crippen LogP contribution in [0.25, 0.3) is 0 Å². The van der Waals surface area contributed by atoms with Gasteiger partial charge in [-0.25, -0.2) is 0 Å². The first kappa shape index (κ1) is 16.2. The van der Waals surface area contributed by atoms with Crippen molar-refractivity contribution in [2.24, 2.45) is 5.73 Å². The van der Waals surface area contributed by atoms with Gasteiger partial charge < -0.3 is 15.8 Å². The van der Waals surface area contributed by atoms with E-state index in [1.165, 1.54) is 0 Å². The molecule has 0 saturated heterocycles. The van der Waals surface area contributed by atoms with Crippen molar-refractivity contribution in [3.63, 3.8) is 0 Å². The number of benzene rings is 2. The summed E-state index contributed by atoms with van der Waals surface area (Å²) in [5, 5.41) is 2.84. The van der Waals surface area contributed by atoms with Gasteiger partial charge in [0.15, 0.2) is 0 Å². The van der Waals surface area contributed by atoms with E-state index < -0.39 is 0 Å². The Hall–Kier alpha value is -2.17. The number of amides is 1. The summed E-state index contributed by atoms with van der Waals surface area (Å²) in [6.07, 6.45) is 0.342. The minimum atomic E-state index is -0.185. The Morgan fingerprint density at radius 2 is 1.68 bits per heavy atom. The van der Waals surface area contributed by atoms with Gasteiger partial charge in [0.1, 0.15) is 0 Å². The minimum Gasteiger partial charge on any atom is -0.376 e. The molecule has 116 valence electrons. The van der Waals surface area contributed by atoms with Crippen LogP contribution in [0.5, 0.6) is 0 Å². The van der Waals surface area contributed by atoms with Crippen molar-refractivity contribution in [3.8, 4) is 0 Å². The second-order valence-corrected chi connectivity index (χ2v) is 5.11. The van der Waals surface area contributed by atoms with E-state index in [0.717, 1.165) is 11.1 Å². The molecule has 22 heavy (non-hydrogen) atoms. The maximum absolute atomic E-state index is 11.7. The zero-order valence-corrected chi connectivity index (χ0v) is 12.6. The standard InChI is InChI=1S/C18H22N2O2/c19-17(16-9-5-2-6-10-16)13-20-18(21)11-12-22-14-15-7-3-1-4-8-15/h1-10,17H,11-14,19H2,(H,20,21). The van der Waals surface area contributed by atoms with E-state index >= 15 is 0 Å². The molecule has 0 bridgehead atoms. The highest BCUT2D eigenvalue weighted by Crippen LogP contribution is 2.07. The lowest BCUT2D eigenvalue weighted by molar-refractivity contribution is -0.122. The topological polar surface area (TPSA) is 64.3 Å². The van der Waals surface area contributed by atoms with Crippen molar-refractivity contribution in [2.75, 3.05) is 13.2 Å². The molecule has 0 saturated carbocycles. The second kappa shape index (κ2) is 8.97. The van der Waals surface area contributed by atoms with E-state index in [-0.39, 0.29) is 11.9 Å². The van der Waals surface area contributed by atoms with Crippen molar-refractivity contribution < 1.29 is 9.53 Å². The average molecular weight is 298 g/mol. The third-order valence-electron chi connectivity index (χ3n) is 3.33. The predicted molar refractivity (Wildman–Crippen MR) is 87.1 cm³/mol. The zero-order chi connectivity index (χ0) is 15.6. The summed E-state index contributed by atoms with van der Waals surface area (Å²) in [5.41, 5.74) is 8.15. The molecule has 4 heteroatoms. The lowest BCUT2D eigenvalue weighted by Crippen LogP contribution is -2.32. The van der Waals surface area contributed by atoms with E-state index in [1.807, 2.05) is 60.7 Å². The number of rotatable bonds is 8. The summed E-state index contributed by atoms with van der Waals surface area (Å²) >= 11 is 0. The van der Waals surface area contributed by atoms with Crippen LogP contribution in [0.4, 0.5) is 0 Å². The zero-order valence-electron chi connectivity index (χ0n) is 12.6. The second-order valence-electron chi connectivity index (χ2n) is 5.11. The van der Waals surface area contributed by atoms with Gasteiger partial charge in [-0.1, -0.05) is 60.7 Å². The van der Waals surface area contributed by atoms with Crippen molar-refractivity contribution in [2.45, 2.75) is 19.1 Å². The first-order valence-electron chi connectivity index (χ1n) is 7.44. The lowest BCUT2D eigenvalue weighted by atomic mass is 10.1. The molecule has 4 nitrogen and oxygen atoms in total. The summed E-state index contributed by atoms with van der Waals surface area (Å²) in [6, 6.07) is 19.5. The van der Waals surface area contributed by atoms with Crippen LogP contribution in [0.1, 0.15) is 23.6 Å². The molecule has 0 aliphatic heterocycles. The number of carbonyl (C=O) groups is 1. The third-order valence-corrected chi connectivity index (χ3v) is 3.33. The maximum Gasteiger partial charge on any atom is 0.222 e. The van der Waals surface area contributed by atoms with Gasteiger partial charge in [0, 0.05) is 19.0 Å². The molecule has 0 spiro atoms. The number of ether oxygens (including phenoxy) is 1. The summed E-state index contributed by atoms with van der Waals surface area (Å²) < 4.78 is 5.49. The molecular formula is C18H22N2O2. The van der Waals surface area contributed by atoms with Crippen molar-refractivity contribution in [3.05, 3.63) is 71.8 Å². The van der Waals surface area contributed by atoms with Crippen LogP contribution in [0.15, 0.2) is 60.7 Å². The molecule has 0 aliphatic rings. The Morgan fingerprint density at radius 3 is 2.36 bits per heavy atom. The highest BCUT2D eigenvalue weighted by atomic mass is 16.5. The van der Waals surface area contributed by atoms with Crippen LogP contribution in [0.2, 0.25) is 0 Å². The molecule has 0 aromatic heterocycles. The van der Waals surface area contributed by atoms with Crippen molar-refractivity contribution in [1.29, 1.82) is 0 Å². The molecule has 0 aliphatic carbocycles. The molecule has 3 N–H and O–H groups in total. The Kier molecular flexibility index (Phi) is 6.61. The van der Waals surface area contributed by atoms with Crippen LogP contribution in [-0.4, -0.2) is 19.1 Å². The Labute approximate surface area is 131 Å². The lowest BCUT2D eigenvalue weighted by Gasteiger charge is -2.13. The highest BCUT2D eigenvalue weighted by molar-refractivity contribution is 5.76. The number of nitrogens with two attached hydrogens (primary N) is 1. The normalized spacial score (nSPS) is 11.9. The van der Waals surface area contributed by atoms with Gasteiger partial charge in [-0.05, 0) is 11.1 Å². The molecule has 1 unspecified atom stereocenters. The quantitative estimate of drug-likeness (QED) is 0.736. The highest BCUT2D eigenvalue weighted by Gasteiger charge is 2.07. The molecular weight excluding hydrogens is 276 g/mol. The number of hydrogen-bond acceptors (Lipinski definition) is 3. The Morgan fingerprint density at radius 1 is 1.05 bits per heavy atom. The van der Waals surface area contributed by atoms with Crippen LogP contribution in [0.3, 0.4) is 0 Å². The fourth-order valence-corrected chi connectivity index (χ4v) is 2.06. The van der Waals surface area contributed by atoms with E-state index in [0.29, 0.717) is 26.2 Å². The predicted octanol–water partition coefficient (Wildman–Crippen LogP) is 2.41. The first-order chi connectivity index (χ1) is 10.8. The van der Waals surface area contributed by atoms with Crippen LogP contribution in [-0.2, 0) is 16.1 Å². The number of hydrogen-bond donors (Lipinski definition) is 2.